The Morgan fingerprint density at radius 3 is 2.88 bits per heavy atom. The lowest BCUT2D eigenvalue weighted by Crippen LogP contribution is -2.06. The van der Waals surface area contributed by atoms with E-state index in [2.05, 4.69) is 15.0 Å². The number of pyridine rings is 1. The first-order valence-corrected chi connectivity index (χ1v) is 5.37. The summed E-state index contributed by atoms with van der Waals surface area (Å²) in [5.41, 5.74) is 7.42. The van der Waals surface area contributed by atoms with Crippen molar-refractivity contribution >= 4 is 5.82 Å². The third-order valence-corrected chi connectivity index (χ3v) is 2.40. The highest BCUT2D eigenvalue weighted by Crippen LogP contribution is 2.17. The van der Waals surface area contributed by atoms with Crippen molar-refractivity contribution < 1.29 is 4.74 Å². The van der Waals surface area contributed by atoms with Gasteiger partial charge in [-0.15, -0.1) is 0 Å². The van der Waals surface area contributed by atoms with Gasteiger partial charge in [0.15, 0.2) is 0 Å². The van der Waals surface area contributed by atoms with E-state index in [0.717, 1.165) is 17.7 Å². The number of nitrogens with zero attached hydrogens (tertiary/aromatic N) is 3. The average molecular weight is 230 g/mol. The molecule has 2 rings (SSSR count). The topological polar surface area (TPSA) is 73.9 Å². The van der Waals surface area contributed by atoms with Gasteiger partial charge in [0.25, 0.3) is 0 Å². The minimum atomic E-state index is 0.452. The van der Waals surface area contributed by atoms with E-state index in [1.54, 1.807) is 6.20 Å². The number of aromatic nitrogens is 3. The van der Waals surface area contributed by atoms with Crippen LogP contribution < -0.4 is 10.5 Å². The van der Waals surface area contributed by atoms with Crippen molar-refractivity contribution in [2.45, 2.75) is 13.3 Å². The van der Waals surface area contributed by atoms with E-state index < -0.39 is 0 Å². The van der Waals surface area contributed by atoms with Crippen molar-refractivity contribution in [1.29, 1.82) is 0 Å². The maximum atomic E-state index is 5.66. The molecule has 2 aromatic rings. The van der Waals surface area contributed by atoms with E-state index >= 15 is 0 Å². The van der Waals surface area contributed by atoms with Gasteiger partial charge in [0.05, 0.1) is 12.2 Å². The third kappa shape index (κ3) is 2.90. The molecule has 88 valence electrons. The molecule has 0 unspecified atom stereocenters. The zero-order valence-electron chi connectivity index (χ0n) is 9.63. The molecule has 0 saturated heterocycles. The van der Waals surface area contributed by atoms with Gasteiger partial charge in [0, 0.05) is 18.3 Å². The second kappa shape index (κ2) is 5.25. The molecule has 2 N–H and O–H groups in total. The lowest BCUT2D eigenvalue weighted by atomic mass is 10.3. The van der Waals surface area contributed by atoms with E-state index in [9.17, 15) is 0 Å². The minimum Gasteiger partial charge on any atom is -0.477 e. The zero-order chi connectivity index (χ0) is 12.1. The van der Waals surface area contributed by atoms with Crippen molar-refractivity contribution in [3.05, 3.63) is 42.0 Å². The standard InChI is InChI=1S/C12H14N4O/c1-9-11(13)15-8-16-12(9)17-7-5-10-4-2-3-6-14-10/h2-4,6,8H,5,7H2,1H3,(H2,13,15,16). The fourth-order valence-electron chi connectivity index (χ4n) is 1.39. The summed E-state index contributed by atoms with van der Waals surface area (Å²) in [5.74, 6) is 0.987. The number of nitrogen functional groups attached to an aromatic ring is 1. The van der Waals surface area contributed by atoms with Crippen LogP contribution >= 0.6 is 0 Å². The molecule has 0 aliphatic carbocycles. The van der Waals surface area contributed by atoms with Gasteiger partial charge in [-0.1, -0.05) is 6.07 Å². The molecule has 17 heavy (non-hydrogen) atoms. The van der Waals surface area contributed by atoms with Crippen LogP contribution in [0.4, 0.5) is 5.82 Å². The van der Waals surface area contributed by atoms with Gasteiger partial charge in [-0.25, -0.2) is 9.97 Å². The average Bonchev–Trinajstić information content (AvgIpc) is 2.36. The molecule has 0 aromatic carbocycles. The Bertz CT molecular complexity index is 487. The molecule has 0 fully saturated rings. The number of hydrogen-bond donors (Lipinski definition) is 1. The number of rotatable bonds is 4. The van der Waals surface area contributed by atoms with E-state index in [1.165, 1.54) is 6.33 Å². The third-order valence-electron chi connectivity index (χ3n) is 2.40. The van der Waals surface area contributed by atoms with Crippen LogP contribution in [0.5, 0.6) is 5.88 Å². The highest BCUT2D eigenvalue weighted by atomic mass is 16.5. The van der Waals surface area contributed by atoms with Crippen LogP contribution in [0.3, 0.4) is 0 Å². The number of nitrogens with two attached hydrogens (primary N) is 1. The fraction of sp³-hybridized carbons (Fsp3) is 0.250. The first kappa shape index (κ1) is 11.3. The van der Waals surface area contributed by atoms with Crippen LogP contribution in [0.1, 0.15) is 11.3 Å². The predicted octanol–water partition coefficient (Wildman–Crippen LogP) is 1.38. The lowest BCUT2D eigenvalue weighted by Gasteiger charge is -2.08. The monoisotopic (exact) mass is 230 g/mol. The molecule has 0 atom stereocenters. The molecular formula is C12H14N4O. The summed E-state index contributed by atoms with van der Waals surface area (Å²) in [7, 11) is 0. The van der Waals surface area contributed by atoms with Crippen LogP contribution in [0.2, 0.25) is 0 Å². The zero-order valence-corrected chi connectivity index (χ0v) is 9.63. The van der Waals surface area contributed by atoms with E-state index in [-0.39, 0.29) is 0 Å². The Balaban J connectivity index is 1.93. The molecule has 0 radical (unpaired) electrons. The van der Waals surface area contributed by atoms with Gasteiger partial charge in [-0.2, -0.15) is 0 Å². The molecule has 0 spiro atoms. The number of anilines is 1. The summed E-state index contributed by atoms with van der Waals surface area (Å²) in [6.07, 6.45) is 3.91. The van der Waals surface area contributed by atoms with E-state index in [0.29, 0.717) is 18.3 Å². The maximum absolute atomic E-state index is 5.66. The second-order valence-corrected chi connectivity index (χ2v) is 3.61. The quantitative estimate of drug-likeness (QED) is 0.859. The maximum Gasteiger partial charge on any atom is 0.221 e. The van der Waals surface area contributed by atoms with E-state index in [4.69, 9.17) is 10.5 Å². The van der Waals surface area contributed by atoms with Crippen LogP contribution in [-0.4, -0.2) is 21.6 Å². The van der Waals surface area contributed by atoms with Crippen molar-refractivity contribution in [3.63, 3.8) is 0 Å². The summed E-state index contributed by atoms with van der Waals surface area (Å²) >= 11 is 0. The van der Waals surface area contributed by atoms with Crippen molar-refractivity contribution in [2.75, 3.05) is 12.3 Å². The van der Waals surface area contributed by atoms with Gasteiger partial charge < -0.3 is 10.5 Å². The fourth-order valence-corrected chi connectivity index (χ4v) is 1.39. The molecular weight excluding hydrogens is 216 g/mol. The molecule has 0 amide bonds. The lowest BCUT2D eigenvalue weighted by molar-refractivity contribution is 0.305. The summed E-state index contributed by atoms with van der Waals surface area (Å²) < 4.78 is 5.55. The Morgan fingerprint density at radius 1 is 1.24 bits per heavy atom. The van der Waals surface area contributed by atoms with Gasteiger partial charge >= 0.3 is 0 Å². The molecule has 0 bridgehead atoms. The van der Waals surface area contributed by atoms with Crippen LogP contribution in [0.25, 0.3) is 0 Å². The molecule has 0 aliphatic rings. The highest BCUT2D eigenvalue weighted by molar-refractivity contribution is 5.43. The second-order valence-electron chi connectivity index (χ2n) is 3.61. The molecule has 2 aromatic heterocycles. The van der Waals surface area contributed by atoms with Gasteiger partial charge in [-0.3, -0.25) is 4.98 Å². The Kier molecular flexibility index (Phi) is 3.49. The molecule has 5 nitrogen and oxygen atoms in total. The summed E-state index contributed by atoms with van der Waals surface area (Å²) in [4.78, 5) is 12.1. The predicted molar refractivity (Wildman–Crippen MR) is 64.6 cm³/mol. The minimum absolute atomic E-state index is 0.452. The number of hydrogen-bond acceptors (Lipinski definition) is 5. The van der Waals surface area contributed by atoms with Crippen LogP contribution in [0.15, 0.2) is 30.7 Å². The van der Waals surface area contributed by atoms with Crippen molar-refractivity contribution in [2.24, 2.45) is 0 Å². The number of ether oxygens (including phenoxy) is 1. The summed E-state index contributed by atoms with van der Waals surface area (Å²) in [6, 6.07) is 5.81. The van der Waals surface area contributed by atoms with E-state index in [1.807, 2.05) is 25.1 Å². The van der Waals surface area contributed by atoms with Crippen LogP contribution in [-0.2, 0) is 6.42 Å². The Hall–Kier alpha value is -2.17. The Morgan fingerprint density at radius 2 is 2.12 bits per heavy atom. The summed E-state index contributed by atoms with van der Waals surface area (Å²) in [6.45, 7) is 2.36. The van der Waals surface area contributed by atoms with Crippen molar-refractivity contribution in [1.82, 2.24) is 15.0 Å². The van der Waals surface area contributed by atoms with Gasteiger partial charge in [0.1, 0.15) is 12.1 Å². The van der Waals surface area contributed by atoms with Gasteiger partial charge in [0.2, 0.25) is 5.88 Å². The summed E-state index contributed by atoms with van der Waals surface area (Å²) in [5, 5.41) is 0. The highest BCUT2D eigenvalue weighted by Gasteiger charge is 2.05. The molecule has 5 heteroatoms. The van der Waals surface area contributed by atoms with Crippen LogP contribution in [0, 0.1) is 6.92 Å². The smallest absolute Gasteiger partial charge is 0.221 e. The van der Waals surface area contributed by atoms with Crippen molar-refractivity contribution in [3.8, 4) is 5.88 Å². The normalized spacial score (nSPS) is 10.2. The largest absolute Gasteiger partial charge is 0.477 e. The first-order valence-electron chi connectivity index (χ1n) is 5.37. The Labute approximate surface area is 99.7 Å². The first-order chi connectivity index (χ1) is 8.27. The SMILES string of the molecule is Cc1c(N)ncnc1OCCc1ccccn1. The molecule has 2 heterocycles. The molecule has 0 aliphatic heterocycles. The molecule has 0 saturated carbocycles. The van der Waals surface area contributed by atoms with Gasteiger partial charge in [-0.05, 0) is 19.1 Å².